The number of aliphatic hydroxyl groups is 1. The molecule has 0 bridgehead atoms. The van der Waals surface area contributed by atoms with Crippen LogP contribution in [-0.4, -0.2) is 61.6 Å². The maximum absolute atomic E-state index is 12.5. The second-order valence-corrected chi connectivity index (χ2v) is 7.54. The predicted molar refractivity (Wildman–Crippen MR) is 98.6 cm³/mol. The van der Waals surface area contributed by atoms with E-state index in [2.05, 4.69) is 15.2 Å². The molecule has 3 rings (SSSR count). The highest BCUT2D eigenvalue weighted by Gasteiger charge is 2.31. The first-order valence-corrected chi connectivity index (χ1v) is 9.35. The van der Waals surface area contributed by atoms with Crippen molar-refractivity contribution in [3.8, 4) is 5.88 Å². The number of rotatable bonds is 9. The van der Waals surface area contributed by atoms with Gasteiger partial charge in [0.15, 0.2) is 0 Å². The number of amides is 1. The SMILES string of the molecule is COC1CN(c2ccc(C(=O)NC(CO)C(C)C)nc2OCC2CC2)C1. The molecule has 1 atom stereocenters. The fourth-order valence-electron chi connectivity index (χ4n) is 2.84. The minimum atomic E-state index is -0.294. The van der Waals surface area contributed by atoms with Gasteiger partial charge in [0.05, 0.1) is 25.4 Å². The van der Waals surface area contributed by atoms with E-state index in [4.69, 9.17) is 9.47 Å². The zero-order chi connectivity index (χ0) is 18.7. The lowest BCUT2D eigenvalue weighted by atomic mass is 10.1. The average Bonchev–Trinajstić information content (AvgIpc) is 3.41. The Morgan fingerprint density at radius 2 is 2.12 bits per heavy atom. The first kappa shape index (κ1) is 18.9. The topological polar surface area (TPSA) is 83.9 Å². The van der Waals surface area contributed by atoms with Gasteiger partial charge < -0.3 is 24.8 Å². The molecule has 7 heteroatoms. The Bertz CT molecular complexity index is 627. The molecule has 0 radical (unpaired) electrons. The number of ether oxygens (including phenoxy) is 2. The lowest BCUT2D eigenvalue weighted by Crippen LogP contribution is -2.52. The van der Waals surface area contributed by atoms with Gasteiger partial charge in [-0.15, -0.1) is 0 Å². The third kappa shape index (κ3) is 4.45. The van der Waals surface area contributed by atoms with Crippen molar-refractivity contribution in [2.24, 2.45) is 11.8 Å². The van der Waals surface area contributed by atoms with Crippen LogP contribution >= 0.6 is 0 Å². The maximum atomic E-state index is 12.5. The number of pyridine rings is 1. The third-order valence-electron chi connectivity index (χ3n) is 5.07. The molecular weight excluding hydrogens is 334 g/mol. The number of nitrogens with zero attached hydrogens (tertiary/aromatic N) is 2. The molecule has 1 unspecified atom stereocenters. The van der Waals surface area contributed by atoms with Crippen LogP contribution in [0.2, 0.25) is 0 Å². The van der Waals surface area contributed by atoms with E-state index >= 15 is 0 Å². The summed E-state index contributed by atoms with van der Waals surface area (Å²) in [5.74, 6) is 0.953. The highest BCUT2D eigenvalue weighted by atomic mass is 16.5. The minimum absolute atomic E-state index is 0.0985. The molecule has 2 fully saturated rings. The van der Waals surface area contributed by atoms with Crippen LogP contribution in [0, 0.1) is 11.8 Å². The number of aliphatic hydroxyl groups excluding tert-OH is 1. The van der Waals surface area contributed by atoms with Gasteiger partial charge in [0, 0.05) is 20.2 Å². The van der Waals surface area contributed by atoms with Gasteiger partial charge in [-0.1, -0.05) is 13.8 Å². The summed E-state index contributed by atoms with van der Waals surface area (Å²) in [4.78, 5) is 19.1. The number of carbonyl (C=O) groups is 1. The van der Waals surface area contributed by atoms with Crippen molar-refractivity contribution in [3.63, 3.8) is 0 Å². The molecule has 2 heterocycles. The van der Waals surface area contributed by atoms with Crippen molar-refractivity contribution < 1.29 is 19.4 Å². The lowest BCUT2D eigenvalue weighted by molar-refractivity contribution is 0.0782. The number of methoxy groups -OCH3 is 1. The third-order valence-corrected chi connectivity index (χ3v) is 5.07. The summed E-state index contributed by atoms with van der Waals surface area (Å²) in [5.41, 5.74) is 1.21. The van der Waals surface area contributed by atoms with Crippen molar-refractivity contribution in [3.05, 3.63) is 17.8 Å². The number of anilines is 1. The fourth-order valence-corrected chi connectivity index (χ4v) is 2.84. The van der Waals surface area contributed by atoms with Gasteiger partial charge in [-0.05, 0) is 36.8 Å². The summed E-state index contributed by atoms with van der Waals surface area (Å²) >= 11 is 0. The van der Waals surface area contributed by atoms with Crippen LogP contribution in [0.4, 0.5) is 5.69 Å². The quantitative estimate of drug-likeness (QED) is 0.691. The summed E-state index contributed by atoms with van der Waals surface area (Å²) in [6.45, 7) is 6.04. The van der Waals surface area contributed by atoms with Crippen LogP contribution in [0.25, 0.3) is 0 Å². The average molecular weight is 363 g/mol. The molecular formula is C19H29N3O4. The van der Waals surface area contributed by atoms with E-state index in [-0.39, 0.29) is 30.6 Å². The van der Waals surface area contributed by atoms with Gasteiger partial charge in [0.2, 0.25) is 5.88 Å². The Morgan fingerprint density at radius 3 is 2.69 bits per heavy atom. The molecule has 1 aromatic rings. The Labute approximate surface area is 154 Å². The Kier molecular flexibility index (Phi) is 5.98. The summed E-state index contributed by atoms with van der Waals surface area (Å²) in [7, 11) is 1.71. The van der Waals surface area contributed by atoms with E-state index in [0.717, 1.165) is 18.8 Å². The van der Waals surface area contributed by atoms with Gasteiger partial charge in [-0.3, -0.25) is 4.79 Å². The number of aromatic nitrogens is 1. The van der Waals surface area contributed by atoms with E-state index < -0.39 is 0 Å². The first-order chi connectivity index (χ1) is 12.5. The Morgan fingerprint density at radius 1 is 1.38 bits per heavy atom. The molecule has 1 aliphatic carbocycles. The van der Waals surface area contributed by atoms with E-state index in [1.54, 1.807) is 13.2 Å². The fraction of sp³-hybridized carbons (Fsp3) is 0.684. The largest absolute Gasteiger partial charge is 0.476 e. The lowest BCUT2D eigenvalue weighted by Gasteiger charge is -2.40. The number of hydrogen-bond donors (Lipinski definition) is 2. The summed E-state index contributed by atoms with van der Waals surface area (Å²) in [6, 6.07) is 3.31. The Balaban J connectivity index is 1.73. The molecule has 26 heavy (non-hydrogen) atoms. The van der Waals surface area contributed by atoms with E-state index in [1.807, 2.05) is 19.9 Å². The second kappa shape index (κ2) is 8.22. The van der Waals surface area contributed by atoms with E-state index in [0.29, 0.717) is 24.1 Å². The zero-order valence-electron chi connectivity index (χ0n) is 15.8. The first-order valence-electron chi connectivity index (χ1n) is 9.35. The highest BCUT2D eigenvalue weighted by Crippen LogP contribution is 2.34. The molecule has 1 saturated carbocycles. The molecule has 7 nitrogen and oxygen atoms in total. The van der Waals surface area contributed by atoms with Gasteiger partial charge in [0.25, 0.3) is 5.91 Å². The van der Waals surface area contributed by atoms with Crippen LogP contribution in [0.15, 0.2) is 12.1 Å². The molecule has 1 amide bonds. The van der Waals surface area contributed by atoms with E-state index in [1.165, 1.54) is 12.8 Å². The van der Waals surface area contributed by atoms with Crippen molar-refractivity contribution in [1.29, 1.82) is 0 Å². The second-order valence-electron chi connectivity index (χ2n) is 7.54. The molecule has 2 N–H and O–H groups in total. The van der Waals surface area contributed by atoms with Crippen LogP contribution < -0.4 is 15.0 Å². The normalized spacial score (nSPS) is 18.6. The monoisotopic (exact) mass is 363 g/mol. The molecule has 1 aromatic heterocycles. The standard InChI is InChI=1S/C19H29N3O4/c1-12(2)16(10-23)20-18(24)15-6-7-17(22-8-14(9-22)25-3)19(21-15)26-11-13-4-5-13/h6-7,12-14,16,23H,4-5,8-11H2,1-3H3,(H,20,24). The summed E-state index contributed by atoms with van der Waals surface area (Å²) in [5, 5.41) is 12.3. The summed E-state index contributed by atoms with van der Waals surface area (Å²) in [6.07, 6.45) is 2.61. The molecule has 0 spiro atoms. The molecule has 1 saturated heterocycles. The highest BCUT2D eigenvalue weighted by molar-refractivity contribution is 5.93. The molecule has 144 valence electrons. The van der Waals surface area contributed by atoms with Crippen molar-refractivity contribution in [1.82, 2.24) is 10.3 Å². The van der Waals surface area contributed by atoms with Crippen molar-refractivity contribution in [2.75, 3.05) is 38.3 Å². The van der Waals surface area contributed by atoms with Crippen LogP contribution in [-0.2, 0) is 4.74 Å². The van der Waals surface area contributed by atoms with Crippen molar-refractivity contribution in [2.45, 2.75) is 38.8 Å². The smallest absolute Gasteiger partial charge is 0.270 e. The summed E-state index contributed by atoms with van der Waals surface area (Å²) < 4.78 is 11.3. The van der Waals surface area contributed by atoms with E-state index in [9.17, 15) is 9.90 Å². The van der Waals surface area contributed by atoms with Crippen molar-refractivity contribution >= 4 is 11.6 Å². The molecule has 2 aliphatic rings. The predicted octanol–water partition coefficient (Wildman–Crippen LogP) is 1.45. The van der Waals surface area contributed by atoms with Crippen LogP contribution in [0.5, 0.6) is 5.88 Å². The van der Waals surface area contributed by atoms with Gasteiger partial charge >= 0.3 is 0 Å². The number of nitrogens with one attached hydrogen (secondary N) is 1. The van der Waals surface area contributed by atoms with Gasteiger partial charge in [-0.2, -0.15) is 0 Å². The zero-order valence-corrected chi connectivity index (χ0v) is 15.8. The van der Waals surface area contributed by atoms with Gasteiger partial charge in [-0.25, -0.2) is 4.98 Å². The Hall–Kier alpha value is -1.86. The molecule has 1 aliphatic heterocycles. The maximum Gasteiger partial charge on any atom is 0.270 e. The molecule has 0 aromatic carbocycles. The number of hydrogen-bond acceptors (Lipinski definition) is 6. The van der Waals surface area contributed by atoms with Crippen LogP contribution in [0.1, 0.15) is 37.2 Å². The van der Waals surface area contributed by atoms with Crippen LogP contribution in [0.3, 0.4) is 0 Å². The minimum Gasteiger partial charge on any atom is -0.476 e. The van der Waals surface area contributed by atoms with Gasteiger partial charge in [0.1, 0.15) is 11.4 Å². The number of carbonyl (C=O) groups excluding carboxylic acids is 1.